The minimum Gasteiger partial charge on any atom is -0.350 e. The van der Waals surface area contributed by atoms with Crippen LogP contribution in [0.15, 0.2) is 0 Å². The van der Waals surface area contributed by atoms with Gasteiger partial charge in [0.1, 0.15) is 0 Å². The quantitative estimate of drug-likeness (QED) is 0.757. The maximum Gasteiger partial charge on any atom is 0.220 e. The van der Waals surface area contributed by atoms with Crippen molar-refractivity contribution < 1.29 is 4.79 Å². The van der Waals surface area contributed by atoms with Crippen molar-refractivity contribution in [3.8, 4) is 0 Å². The second-order valence-electron chi connectivity index (χ2n) is 4.46. The third-order valence-electron chi connectivity index (χ3n) is 3.21. The molecule has 0 aromatic carbocycles. The molecular weight excluding hydrogens is 230 g/mol. The predicted molar refractivity (Wildman–Crippen MR) is 55.9 cm³/mol. The van der Waals surface area contributed by atoms with E-state index in [-0.39, 0.29) is 11.4 Å². The van der Waals surface area contributed by atoms with Gasteiger partial charge < -0.3 is 5.32 Å². The molecule has 1 amide bonds. The number of amides is 1. The van der Waals surface area contributed by atoms with Crippen molar-refractivity contribution in [2.24, 2.45) is 5.92 Å². The minimum atomic E-state index is 0.140. The molecule has 0 atom stereocenters. The van der Waals surface area contributed by atoms with E-state index in [9.17, 15) is 4.79 Å². The summed E-state index contributed by atoms with van der Waals surface area (Å²) in [5, 5.41) is 4.04. The molecule has 74 valence electrons. The van der Waals surface area contributed by atoms with E-state index in [1.165, 1.54) is 19.3 Å². The van der Waals surface area contributed by atoms with E-state index in [1.54, 1.807) is 0 Å². The number of alkyl halides is 1. The normalized spacial score (nSPS) is 25.0. The van der Waals surface area contributed by atoms with Crippen molar-refractivity contribution in [1.82, 2.24) is 5.32 Å². The van der Waals surface area contributed by atoms with Gasteiger partial charge in [0.15, 0.2) is 0 Å². The van der Waals surface area contributed by atoms with Crippen molar-refractivity contribution in [1.29, 1.82) is 0 Å². The second-order valence-corrected chi connectivity index (χ2v) is 5.02. The lowest BCUT2D eigenvalue weighted by atomic mass is 9.83. The van der Waals surface area contributed by atoms with Gasteiger partial charge in [0.05, 0.1) is 0 Å². The fourth-order valence-corrected chi connectivity index (χ4v) is 2.45. The highest BCUT2D eigenvalue weighted by Crippen LogP contribution is 2.37. The van der Waals surface area contributed by atoms with Gasteiger partial charge in [0.25, 0.3) is 0 Å². The maximum absolute atomic E-state index is 11.5. The van der Waals surface area contributed by atoms with Crippen molar-refractivity contribution in [2.75, 3.05) is 5.33 Å². The summed E-state index contributed by atoms with van der Waals surface area (Å²) in [5.74, 6) is 0.952. The summed E-state index contributed by atoms with van der Waals surface area (Å²) in [7, 11) is 0. The summed E-state index contributed by atoms with van der Waals surface area (Å²) < 4.78 is 0. The Morgan fingerprint density at radius 2 is 2.15 bits per heavy atom. The SMILES string of the molecule is O=C(CC1CCC1)NC1(CBr)CC1. The molecule has 0 unspecified atom stereocenters. The average molecular weight is 246 g/mol. The smallest absolute Gasteiger partial charge is 0.220 e. The third kappa shape index (κ3) is 2.25. The first-order valence-corrected chi connectivity index (χ1v) is 6.23. The Hall–Kier alpha value is -0.0500. The van der Waals surface area contributed by atoms with Gasteiger partial charge in [0.2, 0.25) is 5.91 Å². The Morgan fingerprint density at radius 1 is 1.46 bits per heavy atom. The van der Waals surface area contributed by atoms with Gasteiger partial charge in [0, 0.05) is 17.3 Å². The molecule has 2 fully saturated rings. The molecule has 2 saturated carbocycles. The predicted octanol–water partition coefficient (Wildman–Crippen LogP) is 2.22. The zero-order chi connectivity index (χ0) is 9.31. The number of carbonyl (C=O) groups excluding carboxylic acids is 1. The summed E-state index contributed by atoms with van der Waals surface area (Å²) in [6.07, 6.45) is 6.89. The van der Waals surface area contributed by atoms with E-state index >= 15 is 0 Å². The van der Waals surface area contributed by atoms with Gasteiger partial charge in [-0.2, -0.15) is 0 Å². The van der Waals surface area contributed by atoms with Crippen LogP contribution >= 0.6 is 15.9 Å². The van der Waals surface area contributed by atoms with Gasteiger partial charge in [-0.3, -0.25) is 4.79 Å². The highest BCUT2D eigenvalue weighted by atomic mass is 79.9. The molecular formula is C10H16BrNO. The number of hydrogen-bond acceptors (Lipinski definition) is 1. The van der Waals surface area contributed by atoms with Crippen LogP contribution in [0.1, 0.15) is 38.5 Å². The second kappa shape index (κ2) is 3.60. The molecule has 0 radical (unpaired) electrons. The molecule has 1 N–H and O–H groups in total. The summed E-state index contributed by atoms with van der Waals surface area (Å²) in [4.78, 5) is 11.5. The Bertz CT molecular complexity index is 209. The van der Waals surface area contributed by atoms with Crippen molar-refractivity contribution >= 4 is 21.8 Å². The lowest BCUT2D eigenvalue weighted by Crippen LogP contribution is -2.39. The van der Waals surface area contributed by atoms with E-state index in [1.807, 2.05) is 0 Å². The minimum absolute atomic E-state index is 0.140. The van der Waals surface area contributed by atoms with Crippen LogP contribution in [0.3, 0.4) is 0 Å². The highest BCUT2D eigenvalue weighted by Gasteiger charge is 2.43. The van der Waals surface area contributed by atoms with E-state index in [0.29, 0.717) is 5.92 Å². The van der Waals surface area contributed by atoms with Crippen LogP contribution in [0.4, 0.5) is 0 Å². The van der Waals surface area contributed by atoms with Crippen LogP contribution in [0.2, 0.25) is 0 Å². The van der Waals surface area contributed by atoms with Crippen molar-refractivity contribution in [3.63, 3.8) is 0 Å². The number of hydrogen-bond donors (Lipinski definition) is 1. The third-order valence-corrected chi connectivity index (χ3v) is 4.29. The molecule has 0 aromatic rings. The first-order chi connectivity index (χ1) is 6.24. The lowest BCUT2D eigenvalue weighted by Gasteiger charge is -2.25. The molecule has 2 aliphatic rings. The molecule has 3 heteroatoms. The molecule has 0 aliphatic heterocycles. The Kier molecular flexibility index (Phi) is 2.63. The fraction of sp³-hybridized carbons (Fsp3) is 0.900. The molecule has 2 aliphatic carbocycles. The molecule has 0 spiro atoms. The summed E-state index contributed by atoms with van der Waals surface area (Å²) in [6, 6.07) is 0. The van der Waals surface area contributed by atoms with E-state index in [0.717, 1.165) is 24.6 Å². The molecule has 0 heterocycles. The largest absolute Gasteiger partial charge is 0.350 e. The monoisotopic (exact) mass is 245 g/mol. The van der Waals surface area contributed by atoms with Crippen LogP contribution in [0, 0.1) is 5.92 Å². The van der Waals surface area contributed by atoms with E-state index in [4.69, 9.17) is 0 Å². The van der Waals surface area contributed by atoms with Crippen LogP contribution in [-0.2, 0) is 4.79 Å². The molecule has 2 rings (SSSR count). The Balaban J connectivity index is 1.71. The summed E-state index contributed by atoms with van der Waals surface area (Å²) >= 11 is 3.44. The van der Waals surface area contributed by atoms with Gasteiger partial charge in [-0.15, -0.1) is 0 Å². The van der Waals surface area contributed by atoms with E-state index < -0.39 is 0 Å². The first kappa shape index (κ1) is 9.50. The fourth-order valence-electron chi connectivity index (χ4n) is 1.75. The van der Waals surface area contributed by atoms with Gasteiger partial charge in [-0.25, -0.2) is 0 Å². The summed E-state index contributed by atoms with van der Waals surface area (Å²) in [5.41, 5.74) is 0.140. The van der Waals surface area contributed by atoms with Gasteiger partial charge in [-0.1, -0.05) is 22.4 Å². The Morgan fingerprint density at radius 3 is 2.54 bits per heavy atom. The first-order valence-electron chi connectivity index (χ1n) is 5.11. The topological polar surface area (TPSA) is 29.1 Å². The number of halogens is 1. The van der Waals surface area contributed by atoms with Gasteiger partial charge >= 0.3 is 0 Å². The number of rotatable bonds is 4. The molecule has 13 heavy (non-hydrogen) atoms. The van der Waals surface area contributed by atoms with E-state index in [2.05, 4.69) is 21.2 Å². The van der Waals surface area contributed by atoms with Gasteiger partial charge in [-0.05, 0) is 31.6 Å². The molecule has 2 nitrogen and oxygen atoms in total. The standard InChI is InChI=1S/C10H16BrNO/c11-7-10(4-5-10)12-9(13)6-8-2-1-3-8/h8H,1-7H2,(H,12,13). The van der Waals surface area contributed by atoms with Crippen LogP contribution < -0.4 is 5.32 Å². The van der Waals surface area contributed by atoms with Crippen molar-refractivity contribution in [3.05, 3.63) is 0 Å². The number of nitrogens with one attached hydrogen (secondary N) is 1. The van der Waals surface area contributed by atoms with Crippen LogP contribution in [0.25, 0.3) is 0 Å². The summed E-state index contributed by atoms with van der Waals surface area (Å²) in [6.45, 7) is 0. The zero-order valence-corrected chi connectivity index (χ0v) is 9.40. The Labute approximate surface area is 87.6 Å². The lowest BCUT2D eigenvalue weighted by molar-refractivity contribution is -0.123. The average Bonchev–Trinajstić information content (AvgIpc) is 2.78. The van der Waals surface area contributed by atoms with Crippen LogP contribution in [-0.4, -0.2) is 16.8 Å². The number of carbonyl (C=O) groups is 1. The maximum atomic E-state index is 11.5. The molecule has 0 bridgehead atoms. The molecule has 0 saturated heterocycles. The van der Waals surface area contributed by atoms with Crippen LogP contribution in [0.5, 0.6) is 0 Å². The zero-order valence-electron chi connectivity index (χ0n) is 7.81. The molecule has 0 aromatic heterocycles. The highest BCUT2D eigenvalue weighted by molar-refractivity contribution is 9.09. The van der Waals surface area contributed by atoms with Crippen molar-refractivity contribution in [2.45, 2.75) is 44.1 Å².